The lowest BCUT2D eigenvalue weighted by Gasteiger charge is -2.11. The van der Waals surface area contributed by atoms with Crippen LogP contribution < -0.4 is 15.2 Å². The van der Waals surface area contributed by atoms with Crippen molar-refractivity contribution in [2.45, 2.75) is 6.54 Å². The molecule has 20 heavy (non-hydrogen) atoms. The summed E-state index contributed by atoms with van der Waals surface area (Å²) in [5, 5.41) is 9.09. The van der Waals surface area contributed by atoms with Crippen molar-refractivity contribution < 1.29 is 9.47 Å². The largest absolute Gasteiger partial charge is 0.497 e. The second-order valence-electron chi connectivity index (χ2n) is 4.08. The van der Waals surface area contributed by atoms with Gasteiger partial charge >= 0.3 is 0 Å². The molecule has 0 aliphatic carbocycles. The van der Waals surface area contributed by atoms with Crippen LogP contribution in [-0.4, -0.2) is 11.7 Å². The van der Waals surface area contributed by atoms with Gasteiger partial charge in [0.05, 0.1) is 12.8 Å². The van der Waals surface area contributed by atoms with Gasteiger partial charge in [-0.05, 0) is 12.1 Å². The molecule has 0 aliphatic rings. The number of hydrogen-bond acceptors (Lipinski definition) is 4. The maximum absolute atomic E-state index is 9.09. The Balaban J connectivity index is 2.39. The van der Waals surface area contributed by atoms with E-state index in [4.69, 9.17) is 20.5 Å². The Kier molecular flexibility index (Phi) is 3.96. The van der Waals surface area contributed by atoms with Crippen LogP contribution >= 0.6 is 0 Å². The molecule has 0 amide bonds. The minimum atomic E-state index is 0.409. The summed E-state index contributed by atoms with van der Waals surface area (Å²) < 4.78 is 12.6. The van der Waals surface area contributed by atoms with Gasteiger partial charge in [-0.1, -0.05) is 12.1 Å². The number of nitriles is 1. The Morgan fingerprint density at radius 3 is 2.80 bits per heavy atom. The van der Waals surface area contributed by atoms with Crippen LogP contribution in [0.2, 0.25) is 0 Å². The average molecular weight is 269 g/mol. The summed E-state index contributed by atoms with van der Waals surface area (Å²) in [6, 6.07) is 10.8. The van der Waals surface area contributed by atoms with Gasteiger partial charge in [0.1, 0.15) is 23.3 Å². The van der Waals surface area contributed by atoms with Crippen LogP contribution in [0.15, 0.2) is 43.0 Å². The van der Waals surface area contributed by atoms with Crippen molar-refractivity contribution in [2.24, 2.45) is 0 Å². The molecule has 0 atom stereocenters. The SMILES string of the molecule is C=CCn1c(C#N)cc(N)c1Oc1cccc(OC)c1. The Morgan fingerprint density at radius 2 is 2.15 bits per heavy atom. The molecule has 1 heterocycles. The molecular formula is C15H15N3O2. The molecule has 0 bridgehead atoms. The highest BCUT2D eigenvalue weighted by Crippen LogP contribution is 2.32. The molecule has 1 aromatic carbocycles. The van der Waals surface area contributed by atoms with E-state index in [1.807, 2.05) is 12.1 Å². The molecule has 0 aliphatic heterocycles. The standard InChI is InChI=1S/C15H15N3O2/c1-3-7-18-11(10-16)8-14(17)15(18)20-13-6-4-5-12(9-13)19-2/h3-6,8-9H,1,7,17H2,2H3. The van der Waals surface area contributed by atoms with Crippen molar-refractivity contribution in [2.75, 3.05) is 12.8 Å². The lowest BCUT2D eigenvalue weighted by Crippen LogP contribution is -2.02. The Labute approximate surface area is 117 Å². The van der Waals surface area contributed by atoms with E-state index in [9.17, 15) is 0 Å². The zero-order chi connectivity index (χ0) is 14.5. The Morgan fingerprint density at radius 1 is 1.40 bits per heavy atom. The number of rotatable bonds is 5. The second kappa shape index (κ2) is 5.85. The second-order valence-corrected chi connectivity index (χ2v) is 4.08. The van der Waals surface area contributed by atoms with Crippen molar-refractivity contribution in [3.8, 4) is 23.4 Å². The average Bonchev–Trinajstić information content (AvgIpc) is 2.76. The molecule has 102 valence electrons. The first kappa shape index (κ1) is 13.6. The van der Waals surface area contributed by atoms with Gasteiger partial charge in [0.2, 0.25) is 5.88 Å². The van der Waals surface area contributed by atoms with Crippen molar-refractivity contribution in [3.63, 3.8) is 0 Å². The molecule has 1 aromatic heterocycles. The summed E-state index contributed by atoms with van der Waals surface area (Å²) >= 11 is 0. The highest BCUT2D eigenvalue weighted by molar-refractivity contribution is 5.56. The summed E-state index contributed by atoms with van der Waals surface area (Å²) in [5.41, 5.74) is 6.74. The molecule has 5 heteroatoms. The molecule has 0 saturated carbocycles. The highest BCUT2D eigenvalue weighted by atomic mass is 16.5. The summed E-state index contributed by atoms with van der Waals surface area (Å²) in [6.07, 6.45) is 1.68. The van der Waals surface area contributed by atoms with E-state index in [0.717, 1.165) is 0 Å². The lowest BCUT2D eigenvalue weighted by atomic mass is 10.3. The van der Waals surface area contributed by atoms with Crippen LogP contribution in [0, 0.1) is 11.3 Å². The van der Waals surface area contributed by atoms with Crippen LogP contribution in [0.25, 0.3) is 0 Å². The number of ether oxygens (including phenoxy) is 2. The third kappa shape index (κ3) is 2.59. The number of hydrogen-bond donors (Lipinski definition) is 1. The number of benzene rings is 1. The Hall–Kier alpha value is -2.87. The zero-order valence-corrected chi connectivity index (χ0v) is 11.2. The van der Waals surface area contributed by atoms with E-state index in [0.29, 0.717) is 35.3 Å². The molecule has 0 fully saturated rings. The van der Waals surface area contributed by atoms with Gasteiger partial charge < -0.3 is 15.2 Å². The van der Waals surface area contributed by atoms with Crippen LogP contribution in [0.3, 0.4) is 0 Å². The van der Waals surface area contributed by atoms with Crippen LogP contribution in [0.5, 0.6) is 17.4 Å². The third-order valence-corrected chi connectivity index (χ3v) is 2.76. The van der Waals surface area contributed by atoms with Crippen LogP contribution in [-0.2, 0) is 6.54 Å². The predicted molar refractivity (Wildman–Crippen MR) is 76.8 cm³/mol. The third-order valence-electron chi connectivity index (χ3n) is 2.76. The molecule has 2 aromatic rings. The number of aromatic nitrogens is 1. The fourth-order valence-corrected chi connectivity index (χ4v) is 1.85. The van der Waals surface area contributed by atoms with Gasteiger partial charge in [0.15, 0.2) is 0 Å². The Bertz CT molecular complexity index is 668. The lowest BCUT2D eigenvalue weighted by molar-refractivity contribution is 0.404. The monoisotopic (exact) mass is 269 g/mol. The maximum Gasteiger partial charge on any atom is 0.224 e. The molecule has 2 rings (SSSR count). The summed E-state index contributed by atoms with van der Waals surface area (Å²) in [5.74, 6) is 1.70. The van der Waals surface area contributed by atoms with Gasteiger partial charge in [0.25, 0.3) is 0 Å². The van der Waals surface area contributed by atoms with Crippen molar-refractivity contribution >= 4 is 5.69 Å². The normalized spacial score (nSPS) is 9.80. The smallest absolute Gasteiger partial charge is 0.224 e. The zero-order valence-electron chi connectivity index (χ0n) is 11.2. The van der Waals surface area contributed by atoms with E-state index in [-0.39, 0.29) is 0 Å². The van der Waals surface area contributed by atoms with E-state index in [1.165, 1.54) is 0 Å². The van der Waals surface area contributed by atoms with E-state index in [2.05, 4.69) is 12.6 Å². The molecule has 5 nitrogen and oxygen atoms in total. The number of anilines is 1. The van der Waals surface area contributed by atoms with Crippen molar-refractivity contribution in [1.29, 1.82) is 5.26 Å². The van der Waals surface area contributed by atoms with Gasteiger partial charge in [-0.2, -0.15) is 5.26 Å². The van der Waals surface area contributed by atoms with Crippen LogP contribution in [0.4, 0.5) is 5.69 Å². The number of methoxy groups -OCH3 is 1. The molecular weight excluding hydrogens is 254 g/mol. The summed E-state index contributed by atoms with van der Waals surface area (Å²) in [7, 11) is 1.58. The van der Waals surface area contributed by atoms with Crippen molar-refractivity contribution in [1.82, 2.24) is 4.57 Å². The number of nitrogens with two attached hydrogens (primary N) is 1. The number of nitrogen functional groups attached to an aromatic ring is 1. The number of allylic oxidation sites excluding steroid dienone is 1. The van der Waals surface area contributed by atoms with E-state index in [1.54, 1.807) is 36.0 Å². The fraction of sp³-hybridized carbons (Fsp3) is 0.133. The summed E-state index contributed by atoms with van der Waals surface area (Å²) in [4.78, 5) is 0. The van der Waals surface area contributed by atoms with Gasteiger partial charge in [-0.25, -0.2) is 0 Å². The predicted octanol–water partition coefficient (Wildman–Crippen LogP) is 2.93. The maximum atomic E-state index is 9.09. The minimum Gasteiger partial charge on any atom is -0.497 e. The topological polar surface area (TPSA) is 73.2 Å². The molecule has 0 unspecified atom stereocenters. The first-order valence-electron chi connectivity index (χ1n) is 6.01. The molecule has 0 radical (unpaired) electrons. The first-order chi connectivity index (χ1) is 9.69. The highest BCUT2D eigenvalue weighted by Gasteiger charge is 2.14. The molecule has 0 spiro atoms. The fourth-order valence-electron chi connectivity index (χ4n) is 1.85. The van der Waals surface area contributed by atoms with Gasteiger partial charge in [-0.3, -0.25) is 4.57 Å². The van der Waals surface area contributed by atoms with E-state index < -0.39 is 0 Å². The minimum absolute atomic E-state index is 0.409. The quantitative estimate of drug-likeness (QED) is 0.847. The summed E-state index contributed by atoms with van der Waals surface area (Å²) in [6.45, 7) is 4.11. The number of nitrogens with zero attached hydrogens (tertiary/aromatic N) is 2. The molecule has 0 saturated heterocycles. The van der Waals surface area contributed by atoms with Crippen molar-refractivity contribution in [3.05, 3.63) is 48.7 Å². The molecule has 2 N–H and O–H groups in total. The first-order valence-corrected chi connectivity index (χ1v) is 6.01. The van der Waals surface area contributed by atoms with E-state index >= 15 is 0 Å². The van der Waals surface area contributed by atoms with Gasteiger partial charge in [0, 0.05) is 18.7 Å². The van der Waals surface area contributed by atoms with Gasteiger partial charge in [-0.15, -0.1) is 6.58 Å². The van der Waals surface area contributed by atoms with Crippen LogP contribution in [0.1, 0.15) is 5.69 Å².